The molecule has 2 aromatic carbocycles. The van der Waals surface area contributed by atoms with Crippen molar-refractivity contribution < 1.29 is 0 Å². The number of thioether (sulfide) groups is 1. The number of halogens is 3. The maximum atomic E-state index is 6.44. The summed E-state index contributed by atoms with van der Waals surface area (Å²) in [7, 11) is 0. The third-order valence-electron chi connectivity index (χ3n) is 4.08. The van der Waals surface area contributed by atoms with Gasteiger partial charge in [-0.1, -0.05) is 45.2 Å². The summed E-state index contributed by atoms with van der Waals surface area (Å²) < 4.78 is 3.16. The average molecular weight is 485 g/mol. The first kappa shape index (κ1) is 20.7. The van der Waals surface area contributed by atoms with E-state index >= 15 is 0 Å². The van der Waals surface area contributed by atoms with Crippen molar-refractivity contribution in [3.63, 3.8) is 0 Å². The number of hydrogen-bond donors (Lipinski definition) is 1. The van der Waals surface area contributed by atoms with Crippen LogP contribution in [0.3, 0.4) is 0 Å². The summed E-state index contributed by atoms with van der Waals surface area (Å²) in [5, 5.41) is 4.97. The van der Waals surface area contributed by atoms with Gasteiger partial charge in [0.1, 0.15) is 0 Å². The first-order valence-electron chi connectivity index (χ1n) is 8.64. The number of aromatic nitrogens is 2. The fourth-order valence-electron chi connectivity index (χ4n) is 2.73. The van der Waals surface area contributed by atoms with Crippen molar-refractivity contribution >= 4 is 50.9 Å². The van der Waals surface area contributed by atoms with E-state index in [0.29, 0.717) is 10.0 Å². The minimum Gasteiger partial charge on any atom is -0.336 e. The molecule has 0 aliphatic rings. The highest BCUT2D eigenvalue weighted by Gasteiger charge is 2.15. The van der Waals surface area contributed by atoms with Gasteiger partial charge in [-0.05, 0) is 60.7 Å². The molecule has 0 aliphatic carbocycles. The smallest absolute Gasteiger partial charge is 0.0946 e. The second-order valence-corrected chi connectivity index (χ2v) is 9.02. The zero-order valence-electron chi connectivity index (χ0n) is 14.6. The van der Waals surface area contributed by atoms with Crippen LogP contribution in [-0.2, 0) is 6.54 Å². The number of imidazole rings is 1. The SMILES string of the molecule is Clc1ccc(C(Cn2ccnc2)NCCCSc2ccc(Br)cc2)c(Cl)c1. The summed E-state index contributed by atoms with van der Waals surface area (Å²) in [5.41, 5.74) is 1.05. The first-order valence-corrected chi connectivity index (χ1v) is 11.2. The lowest BCUT2D eigenvalue weighted by Crippen LogP contribution is -2.27. The summed E-state index contributed by atoms with van der Waals surface area (Å²) in [6, 6.07) is 14.2. The minimum atomic E-state index is 0.0987. The topological polar surface area (TPSA) is 29.9 Å². The molecule has 1 heterocycles. The van der Waals surface area contributed by atoms with E-state index in [1.165, 1.54) is 4.90 Å². The Morgan fingerprint density at radius 1 is 1.15 bits per heavy atom. The summed E-state index contributed by atoms with van der Waals surface area (Å²) in [6.45, 7) is 1.67. The number of nitrogens with one attached hydrogen (secondary N) is 1. The van der Waals surface area contributed by atoms with Crippen LogP contribution in [0.5, 0.6) is 0 Å². The van der Waals surface area contributed by atoms with E-state index in [1.54, 1.807) is 12.3 Å². The number of nitrogens with zero attached hydrogens (tertiary/aromatic N) is 2. The van der Waals surface area contributed by atoms with Gasteiger partial charge in [0.25, 0.3) is 0 Å². The number of benzene rings is 2. The van der Waals surface area contributed by atoms with E-state index in [1.807, 2.05) is 36.4 Å². The maximum absolute atomic E-state index is 6.44. The molecule has 1 unspecified atom stereocenters. The Morgan fingerprint density at radius 2 is 1.96 bits per heavy atom. The van der Waals surface area contributed by atoms with Crippen molar-refractivity contribution in [2.45, 2.75) is 23.9 Å². The van der Waals surface area contributed by atoms with Crippen LogP contribution in [0.1, 0.15) is 18.0 Å². The van der Waals surface area contributed by atoms with Gasteiger partial charge < -0.3 is 9.88 Å². The molecule has 27 heavy (non-hydrogen) atoms. The summed E-state index contributed by atoms with van der Waals surface area (Å²) >= 11 is 17.8. The Morgan fingerprint density at radius 3 is 2.67 bits per heavy atom. The molecule has 0 fully saturated rings. The zero-order valence-corrected chi connectivity index (χ0v) is 18.5. The number of hydrogen-bond acceptors (Lipinski definition) is 3. The molecule has 0 radical (unpaired) electrons. The Hall–Kier alpha value is -0.980. The lowest BCUT2D eigenvalue weighted by Gasteiger charge is -2.21. The lowest BCUT2D eigenvalue weighted by atomic mass is 10.1. The monoisotopic (exact) mass is 483 g/mol. The van der Waals surface area contributed by atoms with Crippen LogP contribution >= 0.6 is 50.9 Å². The molecule has 1 aromatic heterocycles. The van der Waals surface area contributed by atoms with E-state index in [9.17, 15) is 0 Å². The largest absolute Gasteiger partial charge is 0.336 e. The highest BCUT2D eigenvalue weighted by molar-refractivity contribution is 9.10. The third kappa shape index (κ3) is 6.54. The van der Waals surface area contributed by atoms with Gasteiger partial charge in [-0.3, -0.25) is 0 Å². The van der Waals surface area contributed by atoms with Gasteiger partial charge in [0, 0.05) is 38.4 Å². The molecule has 0 aliphatic heterocycles. The summed E-state index contributed by atoms with van der Waals surface area (Å²) in [5.74, 6) is 1.06. The van der Waals surface area contributed by atoms with Crippen LogP contribution in [0.2, 0.25) is 10.0 Å². The van der Waals surface area contributed by atoms with Gasteiger partial charge >= 0.3 is 0 Å². The molecule has 1 N–H and O–H groups in total. The molecule has 3 rings (SSSR count). The minimum absolute atomic E-state index is 0.0987. The molecular formula is C20H20BrCl2N3S. The van der Waals surface area contributed by atoms with Gasteiger partial charge in [0.15, 0.2) is 0 Å². The highest BCUT2D eigenvalue weighted by Crippen LogP contribution is 2.27. The molecule has 0 bridgehead atoms. The Bertz CT molecular complexity index is 841. The molecule has 0 saturated heterocycles. The van der Waals surface area contributed by atoms with Gasteiger partial charge in [-0.25, -0.2) is 4.98 Å². The Balaban J connectivity index is 1.55. The summed E-state index contributed by atoms with van der Waals surface area (Å²) in [4.78, 5) is 5.42. The van der Waals surface area contributed by atoms with E-state index in [0.717, 1.165) is 35.3 Å². The van der Waals surface area contributed by atoms with Crippen LogP contribution < -0.4 is 5.32 Å². The molecule has 1 atom stereocenters. The van der Waals surface area contributed by atoms with E-state index < -0.39 is 0 Å². The molecule has 0 saturated carbocycles. The van der Waals surface area contributed by atoms with Gasteiger partial charge in [-0.2, -0.15) is 0 Å². The van der Waals surface area contributed by atoms with Crippen molar-refractivity contribution in [1.82, 2.24) is 14.9 Å². The van der Waals surface area contributed by atoms with Crippen molar-refractivity contribution in [1.29, 1.82) is 0 Å². The highest BCUT2D eigenvalue weighted by atomic mass is 79.9. The molecule has 3 nitrogen and oxygen atoms in total. The van der Waals surface area contributed by atoms with E-state index in [2.05, 4.69) is 55.1 Å². The normalized spacial score (nSPS) is 12.3. The predicted octanol–water partition coefficient (Wildman–Crippen LogP) is 6.47. The van der Waals surface area contributed by atoms with Crippen LogP contribution in [0, 0.1) is 0 Å². The van der Waals surface area contributed by atoms with E-state index in [-0.39, 0.29) is 6.04 Å². The van der Waals surface area contributed by atoms with E-state index in [4.69, 9.17) is 23.2 Å². The summed E-state index contributed by atoms with van der Waals surface area (Å²) in [6.07, 6.45) is 6.63. The molecule has 0 amide bonds. The number of rotatable bonds is 9. The van der Waals surface area contributed by atoms with Crippen molar-refractivity contribution in [3.8, 4) is 0 Å². The Kier molecular flexibility index (Phi) is 8.09. The first-order chi connectivity index (χ1) is 13.1. The van der Waals surface area contributed by atoms with Crippen LogP contribution in [0.15, 0.2) is 70.6 Å². The molecule has 0 spiro atoms. The molecular weight excluding hydrogens is 465 g/mol. The average Bonchev–Trinajstić information content (AvgIpc) is 3.15. The second kappa shape index (κ2) is 10.5. The van der Waals surface area contributed by atoms with Gasteiger partial charge in [-0.15, -0.1) is 11.8 Å². The molecule has 142 valence electrons. The standard InChI is InChI=1S/C20H20BrCl2N3S/c21-15-2-5-17(6-3-15)27-11-1-8-25-20(13-26-10-9-24-14-26)18-7-4-16(22)12-19(18)23/h2-7,9-10,12,14,20,25H,1,8,11,13H2. The van der Waals surface area contributed by atoms with Gasteiger partial charge in [0.05, 0.1) is 12.4 Å². The van der Waals surface area contributed by atoms with Crippen molar-refractivity contribution in [3.05, 3.63) is 81.3 Å². The molecule has 7 heteroatoms. The quantitative estimate of drug-likeness (QED) is 0.279. The lowest BCUT2D eigenvalue weighted by molar-refractivity contribution is 0.464. The van der Waals surface area contributed by atoms with Crippen LogP contribution in [0.4, 0.5) is 0 Å². The maximum Gasteiger partial charge on any atom is 0.0946 e. The van der Waals surface area contributed by atoms with Gasteiger partial charge in [0.2, 0.25) is 0 Å². The van der Waals surface area contributed by atoms with Crippen LogP contribution in [-0.4, -0.2) is 21.8 Å². The zero-order chi connectivity index (χ0) is 19.1. The van der Waals surface area contributed by atoms with Crippen molar-refractivity contribution in [2.75, 3.05) is 12.3 Å². The second-order valence-electron chi connectivity index (χ2n) is 6.09. The fraction of sp³-hybridized carbons (Fsp3) is 0.250. The third-order valence-corrected chi connectivity index (χ3v) is 6.27. The fourth-order valence-corrected chi connectivity index (χ4v) is 4.39. The van der Waals surface area contributed by atoms with Crippen molar-refractivity contribution in [2.24, 2.45) is 0 Å². The molecule has 3 aromatic rings. The Labute approximate surface area is 182 Å². The van der Waals surface area contributed by atoms with Crippen LogP contribution in [0.25, 0.3) is 0 Å². The predicted molar refractivity (Wildman–Crippen MR) is 119 cm³/mol.